The van der Waals surface area contributed by atoms with Crippen molar-refractivity contribution in [3.63, 3.8) is 0 Å². The highest BCUT2D eigenvalue weighted by Gasteiger charge is 2.21. The molecule has 0 spiro atoms. The molecule has 1 aromatic carbocycles. The molecular weight excluding hydrogens is 288 g/mol. The van der Waals surface area contributed by atoms with Gasteiger partial charge in [-0.05, 0) is 75.6 Å². The van der Waals surface area contributed by atoms with Gasteiger partial charge in [-0.25, -0.2) is 0 Å². The first kappa shape index (κ1) is 17.8. The SMILES string of the molecule is COCC1CCC(COc2ccc(C#CC(C)(C)O)cc2)CC1. The molecule has 1 aromatic rings. The molecule has 1 N–H and O–H groups in total. The normalized spacial score (nSPS) is 21.4. The Labute approximate surface area is 140 Å². The Bertz CT molecular complexity index is 523. The van der Waals surface area contributed by atoms with E-state index in [1.165, 1.54) is 25.7 Å². The van der Waals surface area contributed by atoms with Gasteiger partial charge in [-0.3, -0.25) is 0 Å². The van der Waals surface area contributed by atoms with Crippen molar-refractivity contribution in [2.45, 2.75) is 45.1 Å². The van der Waals surface area contributed by atoms with E-state index < -0.39 is 5.60 Å². The summed E-state index contributed by atoms with van der Waals surface area (Å²) < 4.78 is 11.2. The van der Waals surface area contributed by atoms with Crippen molar-refractivity contribution < 1.29 is 14.6 Å². The van der Waals surface area contributed by atoms with E-state index >= 15 is 0 Å². The second-order valence-corrected chi connectivity index (χ2v) is 6.99. The molecular formula is C20H28O3. The first-order chi connectivity index (χ1) is 11.0. The molecule has 0 radical (unpaired) electrons. The van der Waals surface area contributed by atoms with Crippen molar-refractivity contribution in [2.75, 3.05) is 20.3 Å². The Morgan fingerprint density at radius 2 is 1.61 bits per heavy atom. The lowest BCUT2D eigenvalue weighted by Crippen LogP contribution is -2.22. The van der Waals surface area contributed by atoms with E-state index in [-0.39, 0.29) is 0 Å². The summed E-state index contributed by atoms with van der Waals surface area (Å²) in [7, 11) is 1.78. The fourth-order valence-corrected chi connectivity index (χ4v) is 2.87. The molecule has 0 amide bonds. The molecule has 0 bridgehead atoms. The molecule has 0 heterocycles. The zero-order valence-corrected chi connectivity index (χ0v) is 14.5. The van der Waals surface area contributed by atoms with Gasteiger partial charge >= 0.3 is 0 Å². The molecule has 3 nitrogen and oxygen atoms in total. The van der Waals surface area contributed by atoms with Crippen molar-refractivity contribution in [1.82, 2.24) is 0 Å². The van der Waals surface area contributed by atoms with Crippen LogP contribution in [0.15, 0.2) is 24.3 Å². The zero-order valence-electron chi connectivity index (χ0n) is 14.5. The van der Waals surface area contributed by atoms with Crippen molar-refractivity contribution in [3.05, 3.63) is 29.8 Å². The average molecular weight is 316 g/mol. The fraction of sp³-hybridized carbons (Fsp3) is 0.600. The fourth-order valence-electron chi connectivity index (χ4n) is 2.87. The van der Waals surface area contributed by atoms with Gasteiger partial charge in [0.25, 0.3) is 0 Å². The van der Waals surface area contributed by atoms with Crippen LogP contribution in [-0.4, -0.2) is 31.0 Å². The molecule has 0 unspecified atom stereocenters. The summed E-state index contributed by atoms with van der Waals surface area (Å²) in [5.41, 5.74) is -0.0730. The Hall–Kier alpha value is -1.50. The predicted molar refractivity (Wildman–Crippen MR) is 92.4 cm³/mol. The highest BCUT2D eigenvalue weighted by Crippen LogP contribution is 2.29. The average Bonchev–Trinajstić information content (AvgIpc) is 2.53. The van der Waals surface area contributed by atoms with Gasteiger partial charge in [0.2, 0.25) is 0 Å². The Kier molecular flexibility index (Phi) is 6.50. The van der Waals surface area contributed by atoms with Gasteiger partial charge in [-0.2, -0.15) is 0 Å². The Morgan fingerprint density at radius 3 is 2.13 bits per heavy atom. The van der Waals surface area contributed by atoms with E-state index in [9.17, 15) is 5.11 Å². The largest absolute Gasteiger partial charge is 0.493 e. The van der Waals surface area contributed by atoms with Crippen LogP contribution in [0.25, 0.3) is 0 Å². The van der Waals surface area contributed by atoms with Crippen LogP contribution < -0.4 is 4.74 Å². The van der Waals surface area contributed by atoms with Gasteiger partial charge in [0, 0.05) is 19.3 Å². The molecule has 23 heavy (non-hydrogen) atoms. The summed E-state index contributed by atoms with van der Waals surface area (Å²) in [4.78, 5) is 0. The lowest BCUT2D eigenvalue weighted by Gasteiger charge is -2.27. The second kappa shape index (κ2) is 8.38. The third-order valence-electron chi connectivity index (χ3n) is 4.22. The zero-order chi connectivity index (χ0) is 16.7. The summed E-state index contributed by atoms with van der Waals surface area (Å²) >= 11 is 0. The lowest BCUT2D eigenvalue weighted by molar-refractivity contribution is 0.106. The van der Waals surface area contributed by atoms with E-state index in [0.29, 0.717) is 5.92 Å². The molecule has 1 aliphatic carbocycles. The van der Waals surface area contributed by atoms with E-state index in [2.05, 4.69) is 11.8 Å². The number of hydrogen-bond donors (Lipinski definition) is 1. The number of benzene rings is 1. The Morgan fingerprint density at radius 1 is 1.04 bits per heavy atom. The minimum Gasteiger partial charge on any atom is -0.493 e. The van der Waals surface area contributed by atoms with E-state index in [4.69, 9.17) is 9.47 Å². The molecule has 0 atom stereocenters. The van der Waals surface area contributed by atoms with Crippen LogP contribution >= 0.6 is 0 Å². The summed E-state index contributed by atoms with van der Waals surface area (Å²) in [5, 5.41) is 9.61. The molecule has 0 aliphatic heterocycles. The molecule has 3 heteroatoms. The minimum atomic E-state index is -0.961. The maximum absolute atomic E-state index is 9.61. The number of hydrogen-bond acceptors (Lipinski definition) is 3. The summed E-state index contributed by atoms with van der Waals surface area (Å²) in [5.74, 6) is 8.04. The molecule has 1 saturated carbocycles. The number of ether oxygens (including phenoxy) is 2. The standard InChI is InChI=1S/C20H28O3/c1-20(2,21)13-12-16-8-10-19(11-9-16)23-15-18-6-4-17(5-7-18)14-22-3/h8-11,17-18,21H,4-7,14-15H2,1-3H3. The van der Waals surface area contributed by atoms with Gasteiger partial charge in [-0.1, -0.05) is 11.8 Å². The molecule has 126 valence electrons. The number of rotatable bonds is 5. The van der Waals surface area contributed by atoms with Crippen LogP contribution in [0.1, 0.15) is 45.1 Å². The van der Waals surface area contributed by atoms with Gasteiger partial charge in [0.1, 0.15) is 11.4 Å². The molecule has 0 aromatic heterocycles. The van der Waals surface area contributed by atoms with Crippen molar-refractivity contribution in [1.29, 1.82) is 0 Å². The van der Waals surface area contributed by atoms with Gasteiger partial charge in [-0.15, -0.1) is 0 Å². The van der Waals surface area contributed by atoms with Crippen LogP contribution in [0, 0.1) is 23.7 Å². The summed E-state index contributed by atoms with van der Waals surface area (Å²) in [6.45, 7) is 5.03. The topological polar surface area (TPSA) is 38.7 Å². The highest BCUT2D eigenvalue weighted by molar-refractivity contribution is 5.39. The summed E-state index contributed by atoms with van der Waals surface area (Å²) in [6.07, 6.45) is 4.94. The molecule has 1 aliphatic rings. The van der Waals surface area contributed by atoms with Crippen LogP contribution in [0.5, 0.6) is 5.75 Å². The number of methoxy groups -OCH3 is 1. The lowest BCUT2D eigenvalue weighted by atomic mass is 9.83. The predicted octanol–water partition coefficient (Wildman–Crippen LogP) is 3.64. The van der Waals surface area contributed by atoms with Gasteiger partial charge in [0.05, 0.1) is 6.61 Å². The van der Waals surface area contributed by atoms with E-state index in [0.717, 1.165) is 30.4 Å². The van der Waals surface area contributed by atoms with Crippen LogP contribution in [0.4, 0.5) is 0 Å². The molecule has 1 fully saturated rings. The van der Waals surface area contributed by atoms with Crippen LogP contribution in [0.3, 0.4) is 0 Å². The van der Waals surface area contributed by atoms with E-state index in [1.807, 2.05) is 24.3 Å². The van der Waals surface area contributed by atoms with Crippen LogP contribution in [0.2, 0.25) is 0 Å². The third-order valence-corrected chi connectivity index (χ3v) is 4.22. The van der Waals surface area contributed by atoms with Crippen molar-refractivity contribution >= 4 is 0 Å². The smallest absolute Gasteiger partial charge is 0.120 e. The monoisotopic (exact) mass is 316 g/mol. The number of aliphatic hydroxyl groups is 1. The highest BCUT2D eigenvalue weighted by atomic mass is 16.5. The summed E-state index contributed by atoms with van der Waals surface area (Å²) in [6, 6.07) is 7.77. The minimum absolute atomic E-state index is 0.651. The molecule has 0 saturated heterocycles. The Balaban J connectivity index is 1.77. The van der Waals surface area contributed by atoms with Gasteiger partial charge in [0.15, 0.2) is 0 Å². The van der Waals surface area contributed by atoms with Crippen molar-refractivity contribution in [3.8, 4) is 17.6 Å². The first-order valence-corrected chi connectivity index (χ1v) is 8.43. The molecule has 2 rings (SSSR count). The van der Waals surface area contributed by atoms with Gasteiger partial charge < -0.3 is 14.6 Å². The van der Waals surface area contributed by atoms with E-state index in [1.54, 1.807) is 21.0 Å². The van der Waals surface area contributed by atoms with Crippen molar-refractivity contribution in [2.24, 2.45) is 11.8 Å². The second-order valence-electron chi connectivity index (χ2n) is 6.99. The quantitative estimate of drug-likeness (QED) is 0.843. The maximum atomic E-state index is 9.61. The van der Waals surface area contributed by atoms with Crippen LogP contribution in [-0.2, 0) is 4.74 Å². The third kappa shape index (κ3) is 6.64. The maximum Gasteiger partial charge on any atom is 0.120 e. The first-order valence-electron chi connectivity index (χ1n) is 8.43.